The van der Waals surface area contributed by atoms with Crippen LogP contribution in [0, 0.1) is 19.8 Å². The molecule has 1 heterocycles. The number of halogens is 3. The lowest BCUT2D eigenvalue weighted by Crippen LogP contribution is -2.50. The van der Waals surface area contributed by atoms with Crippen molar-refractivity contribution < 1.29 is 27.8 Å². The molecule has 0 aromatic carbocycles. The monoisotopic (exact) mass is 307 g/mol. The van der Waals surface area contributed by atoms with Gasteiger partial charge in [0.25, 0.3) is 5.60 Å². The lowest BCUT2D eigenvalue weighted by molar-refractivity contribution is -0.267. The Morgan fingerprint density at radius 2 is 1.90 bits per heavy atom. The number of aromatic nitrogens is 1. The number of esters is 1. The molecule has 0 amide bonds. The summed E-state index contributed by atoms with van der Waals surface area (Å²) in [7, 11) is 0.812. The lowest BCUT2D eigenvalue weighted by Gasteiger charge is -2.28. The molecule has 0 aliphatic heterocycles. The van der Waals surface area contributed by atoms with Gasteiger partial charge in [-0.05, 0) is 25.8 Å². The molecule has 0 saturated heterocycles. The molecule has 0 saturated carbocycles. The summed E-state index contributed by atoms with van der Waals surface area (Å²) in [5, 5.41) is 10.0. The smallest absolute Gasteiger partial charge is 0.432 e. The van der Waals surface area contributed by atoms with Crippen LogP contribution in [-0.4, -0.2) is 28.9 Å². The summed E-state index contributed by atoms with van der Waals surface area (Å²) in [6.07, 6.45) is -5.17. The van der Waals surface area contributed by atoms with Crippen LogP contribution in [0.4, 0.5) is 13.2 Å². The molecule has 0 aliphatic carbocycles. The molecule has 0 bridgehead atoms. The highest BCUT2D eigenvalue weighted by molar-refractivity contribution is 5.82. The second kappa shape index (κ2) is 5.71. The Morgan fingerprint density at radius 1 is 1.38 bits per heavy atom. The number of carbonyl (C=O) groups excluding carboxylic acids is 1. The zero-order valence-electron chi connectivity index (χ0n) is 12.7. The number of ether oxygens (including phenoxy) is 1. The average Bonchev–Trinajstić information content (AvgIpc) is 2.63. The van der Waals surface area contributed by atoms with Gasteiger partial charge < -0.3 is 14.4 Å². The SMILES string of the molecule is COC(=O)[C@](O)(c1cc(C)n(CC(C)C)c1C)C(F)(F)F. The first-order valence-electron chi connectivity index (χ1n) is 6.51. The van der Waals surface area contributed by atoms with Gasteiger partial charge in [-0.25, -0.2) is 4.79 Å². The van der Waals surface area contributed by atoms with E-state index >= 15 is 0 Å². The summed E-state index contributed by atoms with van der Waals surface area (Å²) in [6, 6.07) is 1.18. The van der Waals surface area contributed by atoms with Crippen molar-refractivity contribution in [2.45, 2.75) is 46.0 Å². The molecule has 0 aliphatic rings. The van der Waals surface area contributed by atoms with Gasteiger partial charge in [0.2, 0.25) is 0 Å². The van der Waals surface area contributed by atoms with Crippen molar-refractivity contribution in [2.75, 3.05) is 7.11 Å². The van der Waals surface area contributed by atoms with Crippen molar-refractivity contribution in [3.05, 3.63) is 23.0 Å². The molecule has 0 radical (unpaired) electrons. The third-order valence-electron chi connectivity index (χ3n) is 3.40. The van der Waals surface area contributed by atoms with E-state index in [9.17, 15) is 23.1 Å². The molecule has 1 atom stereocenters. The van der Waals surface area contributed by atoms with Gasteiger partial charge in [0, 0.05) is 23.5 Å². The number of hydrogen-bond acceptors (Lipinski definition) is 3. The van der Waals surface area contributed by atoms with Crippen molar-refractivity contribution in [1.29, 1.82) is 0 Å². The van der Waals surface area contributed by atoms with Gasteiger partial charge in [-0.15, -0.1) is 0 Å². The van der Waals surface area contributed by atoms with E-state index in [4.69, 9.17) is 0 Å². The third kappa shape index (κ3) is 2.92. The zero-order valence-corrected chi connectivity index (χ0v) is 12.7. The van der Waals surface area contributed by atoms with Gasteiger partial charge in [-0.2, -0.15) is 13.2 Å². The van der Waals surface area contributed by atoms with Crippen LogP contribution in [0.15, 0.2) is 6.07 Å². The van der Waals surface area contributed by atoms with Gasteiger partial charge in [0.1, 0.15) is 0 Å². The minimum atomic E-state index is -5.17. The van der Waals surface area contributed by atoms with Crippen LogP contribution in [0.25, 0.3) is 0 Å². The molecule has 21 heavy (non-hydrogen) atoms. The third-order valence-corrected chi connectivity index (χ3v) is 3.40. The maximum Gasteiger partial charge on any atom is 0.432 e. The highest BCUT2D eigenvalue weighted by atomic mass is 19.4. The molecular formula is C14H20F3NO3. The van der Waals surface area contributed by atoms with Crippen molar-refractivity contribution >= 4 is 5.97 Å². The molecule has 7 heteroatoms. The van der Waals surface area contributed by atoms with Gasteiger partial charge in [0.15, 0.2) is 0 Å². The second-order valence-corrected chi connectivity index (χ2v) is 5.49. The van der Waals surface area contributed by atoms with E-state index in [-0.39, 0.29) is 11.6 Å². The summed E-state index contributed by atoms with van der Waals surface area (Å²) < 4.78 is 45.6. The summed E-state index contributed by atoms with van der Waals surface area (Å²) in [4.78, 5) is 11.6. The quantitative estimate of drug-likeness (QED) is 0.870. The minimum absolute atomic E-state index is 0.200. The van der Waals surface area contributed by atoms with E-state index in [1.54, 1.807) is 11.5 Å². The largest absolute Gasteiger partial charge is 0.466 e. The van der Waals surface area contributed by atoms with Crippen LogP contribution < -0.4 is 0 Å². The Labute approximate surface area is 121 Å². The molecule has 1 N–H and O–H groups in total. The Morgan fingerprint density at radius 3 is 2.29 bits per heavy atom. The lowest BCUT2D eigenvalue weighted by atomic mass is 9.93. The summed E-state index contributed by atoms with van der Waals surface area (Å²) in [5.41, 5.74) is -3.40. The maximum absolute atomic E-state index is 13.3. The molecule has 1 aromatic rings. The molecule has 4 nitrogen and oxygen atoms in total. The number of hydrogen-bond donors (Lipinski definition) is 1. The fourth-order valence-electron chi connectivity index (χ4n) is 2.34. The number of methoxy groups -OCH3 is 1. The van der Waals surface area contributed by atoms with Crippen molar-refractivity contribution in [2.24, 2.45) is 5.92 Å². The predicted octanol–water partition coefficient (Wildman–Crippen LogP) is 2.68. The van der Waals surface area contributed by atoms with Gasteiger partial charge in [0.05, 0.1) is 7.11 Å². The highest BCUT2D eigenvalue weighted by Crippen LogP contribution is 2.42. The van der Waals surface area contributed by atoms with E-state index in [0.717, 1.165) is 7.11 Å². The molecular weight excluding hydrogens is 287 g/mol. The maximum atomic E-state index is 13.3. The fourth-order valence-corrected chi connectivity index (χ4v) is 2.34. The van der Waals surface area contributed by atoms with Gasteiger partial charge in [-0.3, -0.25) is 0 Å². The number of aliphatic hydroxyl groups is 1. The van der Waals surface area contributed by atoms with E-state index in [1.807, 2.05) is 13.8 Å². The molecule has 0 spiro atoms. The summed E-state index contributed by atoms with van der Waals surface area (Å²) in [5.74, 6) is -1.53. The van der Waals surface area contributed by atoms with Crippen LogP contribution in [0.3, 0.4) is 0 Å². The Kier molecular flexibility index (Phi) is 4.77. The van der Waals surface area contributed by atoms with E-state index in [1.165, 1.54) is 13.0 Å². The van der Waals surface area contributed by atoms with Crippen molar-refractivity contribution in [3.8, 4) is 0 Å². The average molecular weight is 307 g/mol. The Bertz CT molecular complexity index is 534. The summed E-state index contributed by atoms with van der Waals surface area (Å²) >= 11 is 0. The number of carbonyl (C=O) groups is 1. The number of nitrogens with zero attached hydrogens (tertiary/aromatic N) is 1. The Balaban J connectivity index is 3.52. The van der Waals surface area contributed by atoms with Gasteiger partial charge >= 0.3 is 12.1 Å². The molecule has 1 rings (SSSR count). The van der Waals surface area contributed by atoms with E-state index in [0.29, 0.717) is 12.2 Å². The van der Waals surface area contributed by atoms with E-state index < -0.39 is 23.3 Å². The van der Waals surface area contributed by atoms with Crippen LogP contribution in [-0.2, 0) is 21.7 Å². The molecule has 0 fully saturated rings. The second-order valence-electron chi connectivity index (χ2n) is 5.49. The minimum Gasteiger partial charge on any atom is -0.466 e. The fraction of sp³-hybridized carbons (Fsp3) is 0.643. The predicted molar refractivity (Wildman–Crippen MR) is 70.7 cm³/mol. The van der Waals surface area contributed by atoms with Crippen LogP contribution >= 0.6 is 0 Å². The topological polar surface area (TPSA) is 51.5 Å². The van der Waals surface area contributed by atoms with Crippen LogP contribution in [0.1, 0.15) is 30.8 Å². The molecule has 120 valence electrons. The molecule has 1 aromatic heterocycles. The number of rotatable bonds is 4. The zero-order chi connectivity index (χ0) is 16.6. The van der Waals surface area contributed by atoms with Crippen LogP contribution in [0.5, 0.6) is 0 Å². The normalized spacial score (nSPS) is 15.1. The Hall–Kier alpha value is -1.50. The van der Waals surface area contributed by atoms with Crippen molar-refractivity contribution in [1.82, 2.24) is 4.57 Å². The number of aryl methyl sites for hydroxylation is 1. The summed E-state index contributed by atoms with van der Waals surface area (Å²) in [6.45, 7) is 7.42. The first-order chi connectivity index (χ1) is 9.46. The van der Waals surface area contributed by atoms with Crippen molar-refractivity contribution in [3.63, 3.8) is 0 Å². The van der Waals surface area contributed by atoms with Gasteiger partial charge in [-0.1, -0.05) is 13.8 Å². The van der Waals surface area contributed by atoms with Crippen LogP contribution in [0.2, 0.25) is 0 Å². The number of alkyl halides is 3. The standard InChI is InChI=1S/C14H20F3NO3/c1-8(2)7-18-9(3)6-11(10(18)4)13(20,12(19)21-5)14(15,16)17/h6,8,20H,7H2,1-5H3/t13-/m1/s1. The van der Waals surface area contributed by atoms with E-state index in [2.05, 4.69) is 4.74 Å². The first kappa shape index (κ1) is 17.6. The highest BCUT2D eigenvalue weighted by Gasteiger charge is 2.63. The first-order valence-corrected chi connectivity index (χ1v) is 6.51. The molecule has 0 unspecified atom stereocenters.